The molecule has 0 aliphatic rings. The normalized spacial score (nSPS) is 10.5. The average molecular weight is 326 g/mol. The van der Waals surface area contributed by atoms with Crippen LogP contribution in [-0.2, 0) is 4.79 Å². The van der Waals surface area contributed by atoms with Gasteiger partial charge in [0, 0.05) is 18.7 Å². The lowest BCUT2D eigenvalue weighted by Gasteiger charge is -2.15. The molecule has 2 aromatic rings. The van der Waals surface area contributed by atoms with E-state index in [1.807, 2.05) is 50.2 Å². The third kappa shape index (κ3) is 5.01. The van der Waals surface area contributed by atoms with Crippen LogP contribution in [0.25, 0.3) is 0 Å². The molecule has 0 saturated heterocycles. The molecule has 0 aromatic heterocycles. The lowest BCUT2D eigenvalue weighted by Crippen LogP contribution is -2.17. The standard InChI is InChI=1S/C20H26N2O2/c1-14(2)24-19-11-6-5-9-18(19)22-20(23)12-13-21-17-10-7-8-15(3)16(17)4/h5-11,14,21H,12-13H2,1-4H3,(H,22,23). The number of para-hydroxylation sites is 2. The van der Waals surface area contributed by atoms with E-state index < -0.39 is 0 Å². The Hall–Kier alpha value is -2.49. The van der Waals surface area contributed by atoms with Crippen LogP contribution >= 0.6 is 0 Å². The summed E-state index contributed by atoms with van der Waals surface area (Å²) < 4.78 is 5.72. The predicted octanol–water partition coefficient (Wildman–Crippen LogP) is 4.53. The maximum Gasteiger partial charge on any atom is 0.226 e. The van der Waals surface area contributed by atoms with Crippen LogP contribution in [-0.4, -0.2) is 18.6 Å². The van der Waals surface area contributed by atoms with Gasteiger partial charge in [-0.25, -0.2) is 0 Å². The first-order valence-electron chi connectivity index (χ1n) is 8.33. The minimum atomic E-state index is -0.0346. The maximum absolute atomic E-state index is 12.2. The van der Waals surface area contributed by atoms with Crippen molar-refractivity contribution in [1.29, 1.82) is 0 Å². The Labute approximate surface area is 144 Å². The molecule has 0 saturated carbocycles. The Kier molecular flexibility index (Phi) is 6.24. The van der Waals surface area contributed by atoms with Crippen molar-refractivity contribution in [2.45, 2.75) is 40.2 Å². The lowest BCUT2D eigenvalue weighted by molar-refractivity contribution is -0.116. The second-order valence-electron chi connectivity index (χ2n) is 6.14. The molecule has 128 valence electrons. The average Bonchev–Trinajstić information content (AvgIpc) is 2.53. The van der Waals surface area contributed by atoms with Gasteiger partial charge in [-0.05, 0) is 57.0 Å². The summed E-state index contributed by atoms with van der Waals surface area (Å²) in [4.78, 5) is 12.2. The van der Waals surface area contributed by atoms with Crippen molar-refractivity contribution in [2.24, 2.45) is 0 Å². The fourth-order valence-electron chi connectivity index (χ4n) is 2.39. The molecule has 4 nitrogen and oxygen atoms in total. The number of rotatable bonds is 7. The summed E-state index contributed by atoms with van der Waals surface area (Å²) in [7, 11) is 0. The van der Waals surface area contributed by atoms with Crippen LogP contribution < -0.4 is 15.4 Å². The number of hydrogen-bond donors (Lipinski definition) is 2. The van der Waals surface area contributed by atoms with Gasteiger partial charge in [0.2, 0.25) is 5.91 Å². The van der Waals surface area contributed by atoms with E-state index in [9.17, 15) is 4.79 Å². The van der Waals surface area contributed by atoms with Crippen LogP contribution in [0.15, 0.2) is 42.5 Å². The third-order valence-electron chi connectivity index (χ3n) is 3.80. The summed E-state index contributed by atoms with van der Waals surface area (Å²) in [5, 5.41) is 6.25. The van der Waals surface area contributed by atoms with Gasteiger partial charge in [-0.15, -0.1) is 0 Å². The number of aryl methyl sites for hydroxylation is 1. The number of carbonyl (C=O) groups is 1. The van der Waals surface area contributed by atoms with E-state index in [1.54, 1.807) is 0 Å². The highest BCUT2D eigenvalue weighted by molar-refractivity contribution is 5.92. The summed E-state index contributed by atoms with van der Waals surface area (Å²) in [5.41, 5.74) is 4.24. The van der Waals surface area contributed by atoms with Gasteiger partial charge in [0.25, 0.3) is 0 Å². The van der Waals surface area contributed by atoms with E-state index in [4.69, 9.17) is 4.74 Å². The van der Waals surface area contributed by atoms with Crippen molar-refractivity contribution >= 4 is 17.3 Å². The molecule has 1 amide bonds. The predicted molar refractivity (Wildman–Crippen MR) is 99.9 cm³/mol. The van der Waals surface area contributed by atoms with Gasteiger partial charge in [-0.1, -0.05) is 24.3 Å². The van der Waals surface area contributed by atoms with Gasteiger partial charge in [-0.2, -0.15) is 0 Å². The molecule has 0 spiro atoms. The largest absolute Gasteiger partial charge is 0.489 e. The Morgan fingerprint density at radius 3 is 2.50 bits per heavy atom. The molecule has 0 radical (unpaired) electrons. The Bertz CT molecular complexity index is 696. The number of carbonyl (C=O) groups excluding carboxylic acids is 1. The molecule has 2 aromatic carbocycles. The van der Waals surface area contributed by atoms with E-state index in [2.05, 4.69) is 30.5 Å². The molecule has 0 heterocycles. The van der Waals surface area contributed by atoms with Gasteiger partial charge < -0.3 is 15.4 Å². The number of nitrogens with one attached hydrogen (secondary N) is 2. The zero-order valence-corrected chi connectivity index (χ0v) is 14.8. The topological polar surface area (TPSA) is 50.4 Å². The van der Waals surface area contributed by atoms with Gasteiger partial charge >= 0.3 is 0 Å². The minimum Gasteiger partial charge on any atom is -0.489 e. The zero-order valence-electron chi connectivity index (χ0n) is 14.8. The molecule has 0 bridgehead atoms. The highest BCUT2D eigenvalue weighted by Gasteiger charge is 2.09. The Morgan fingerprint density at radius 2 is 1.75 bits per heavy atom. The highest BCUT2D eigenvalue weighted by atomic mass is 16.5. The number of ether oxygens (including phenoxy) is 1. The van der Waals surface area contributed by atoms with Crippen LogP contribution in [0.1, 0.15) is 31.4 Å². The van der Waals surface area contributed by atoms with Crippen LogP contribution in [0, 0.1) is 13.8 Å². The molecule has 24 heavy (non-hydrogen) atoms. The number of anilines is 2. The summed E-state index contributed by atoms with van der Waals surface area (Å²) >= 11 is 0. The minimum absolute atomic E-state index is 0.0346. The van der Waals surface area contributed by atoms with E-state index in [-0.39, 0.29) is 12.0 Å². The van der Waals surface area contributed by atoms with Gasteiger partial charge in [-0.3, -0.25) is 4.79 Å². The van der Waals surface area contributed by atoms with Crippen LogP contribution in [0.4, 0.5) is 11.4 Å². The summed E-state index contributed by atoms with van der Waals surface area (Å²) in [6, 6.07) is 13.6. The molecule has 0 aliphatic carbocycles. The van der Waals surface area contributed by atoms with Gasteiger partial charge in [0.1, 0.15) is 5.75 Å². The van der Waals surface area contributed by atoms with Crippen molar-refractivity contribution in [3.63, 3.8) is 0 Å². The molecule has 0 unspecified atom stereocenters. The van der Waals surface area contributed by atoms with Crippen molar-refractivity contribution in [2.75, 3.05) is 17.2 Å². The molecule has 4 heteroatoms. The second-order valence-corrected chi connectivity index (χ2v) is 6.14. The maximum atomic E-state index is 12.2. The van der Waals surface area contributed by atoms with E-state index in [1.165, 1.54) is 11.1 Å². The first kappa shape index (κ1) is 17.9. The molecule has 2 N–H and O–H groups in total. The van der Waals surface area contributed by atoms with Crippen molar-refractivity contribution < 1.29 is 9.53 Å². The first-order chi connectivity index (χ1) is 11.5. The smallest absolute Gasteiger partial charge is 0.226 e. The monoisotopic (exact) mass is 326 g/mol. The summed E-state index contributed by atoms with van der Waals surface area (Å²) in [6.45, 7) is 8.68. The second kappa shape index (κ2) is 8.39. The van der Waals surface area contributed by atoms with Crippen molar-refractivity contribution in [3.05, 3.63) is 53.6 Å². The molecule has 2 rings (SSSR count). The fourth-order valence-corrected chi connectivity index (χ4v) is 2.39. The summed E-state index contributed by atoms with van der Waals surface area (Å²) in [6.07, 6.45) is 0.456. The molecular formula is C20H26N2O2. The molecular weight excluding hydrogens is 300 g/mol. The Balaban J connectivity index is 1.89. The van der Waals surface area contributed by atoms with Gasteiger partial charge in [0.05, 0.1) is 11.8 Å². The number of hydrogen-bond acceptors (Lipinski definition) is 3. The lowest BCUT2D eigenvalue weighted by atomic mass is 10.1. The van der Waals surface area contributed by atoms with E-state index >= 15 is 0 Å². The first-order valence-corrected chi connectivity index (χ1v) is 8.33. The van der Waals surface area contributed by atoms with Crippen LogP contribution in [0.5, 0.6) is 5.75 Å². The van der Waals surface area contributed by atoms with Gasteiger partial charge in [0.15, 0.2) is 0 Å². The fraction of sp³-hybridized carbons (Fsp3) is 0.350. The third-order valence-corrected chi connectivity index (χ3v) is 3.80. The number of amides is 1. The van der Waals surface area contributed by atoms with Crippen LogP contribution in [0.2, 0.25) is 0 Å². The van der Waals surface area contributed by atoms with Crippen molar-refractivity contribution in [3.8, 4) is 5.75 Å². The molecule has 0 atom stereocenters. The van der Waals surface area contributed by atoms with E-state index in [0.29, 0.717) is 24.4 Å². The van der Waals surface area contributed by atoms with E-state index in [0.717, 1.165) is 5.69 Å². The zero-order chi connectivity index (χ0) is 17.5. The van der Waals surface area contributed by atoms with Crippen molar-refractivity contribution in [1.82, 2.24) is 0 Å². The molecule has 0 aliphatic heterocycles. The van der Waals surface area contributed by atoms with Crippen LogP contribution in [0.3, 0.4) is 0 Å². The highest BCUT2D eigenvalue weighted by Crippen LogP contribution is 2.25. The summed E-state index contributed by atoms with van der Waals surface area (Å²) in [5.74, 6) is 0.663. The Morgan fingerprint density at radius 1 is 1.04 bits per heavy atom. The SMILES string of the molecule is Cc1cccc(NCCC(=O)Nc2ccccc2OC(C)C)c1C. The quantitative estimate of drug-likeness (QED) is 0.786. The number of benzene rings is 2. The molecule has 0 fully saturated rings.